The van der Waals surface area contributed by atoms with Gasteiger partial charge in [0.15, 0.2) is 5.90 Å². The van der Waals surface area contributed by atoms with Gasteiger partial charge in [0.1, 0.15) is 5.75 Å². The van der Waals surface area contributed by atoms with E-state index in [1.54, 1.807) is 14.1 Å². The van der Waals surface area contributed by atoms with Crippen LogP contribution >= 0.6 is 34.2 Å². The average molecular weight is 641 g/mol. The molecule has 1 fully saturated rings. The van der Waals surface area contributed by atoms with E-state index in [-0.39, 0.29) is 6.79 Å². The van der Waals surface area contributed by atoms with Crippen molar-refractivity contribution in [2.45, 2.75) is 25.7 Å². The fraction of sp³-hybridized carbons (Fsp3) is 0.481. The summed E-state index contributed by atoms with van der Waals surface area (Å²) in [5.74, 6) is 1.38. The van der Waals surface area contributed by atoms with Gasteiger partial charge >= 0.3 is 6.09 Å². The smallest absolute Gasteiger partial charge is 0.412 e. The van der Waals surface area contributed by atoms with E-state index in [1.165, 1.54) is 4.90 Å². The highest BCUT2D eigenvalue weighted by Gasteiger charge is 2.19. The molecule has 0 saturated carbocycles. The Kier molecular flexibility index (Phi) is 10.2. The molecule has 2 aromatic rings. The SMILES string of the molecule is CN(C)C(=O)OCOC1=Nc2cc(OCCCCN3CCN(c4cccc(I)c4Cl)CC3)ccc2CC1. The Hall–Kier alpha value is -2.24. The highest BCUT2D eigenvalue weighted by molar-refractivity contribution is 14.1. The number of aliphatic imine (C=N–C) groups is 1. The molecule has 0 atom stereocenters. The molecule has 2 heterocycles. The number of unbranched alkanes of at least 4 members (excludes halogenated alkanes) is 1. The number of carbonyl (C=O) groups excluding carboxylic acids is 1. The maximum Gasteiger partial charge on any atom is 0.412 e. The Morgan fingerprint density at radius 1 is 1.08 bits per heavy atom. The molecule has 10 heteroatoms. The summed E-state index contributed by atoms with van der Waals surface area (Å²) in [4.78, 5) is 22.3. The summed E-state index contributed by atoms with van der Waals surface area (Å²) in [5, 5.41) is 0.857. The van der Waals surface area contributed by atoms with Crippen LogP contribution in [0, 0.1) is 3.57 Å². The van der Waals surface area contributed by atoms with Gasteiger partial charge in [-0.2, -0.15) is 0 Å². The molecular formula is C27H34ClIN4O4. The zero-order valence-electron chi connectivity index (χ0n) is 21.4. The minimum Gasteiger partial charge on any atom is -0.494 e. The molecule has 0 spiro atoms. The number of carbonyl (C=O) groups is 1. The number of nitrogens with zero attached hydrogens (tertiary/aromatic N) is 4. The molecule has 2 aliphatic heterocycles. The zero-order valence-corrected chi connectivity index (χ0v) is 24.3. The standard InChI is InChI=1S/C27H34ClIN4O4/c1-31(2)27(34)37-19-36-25-11-9-20-8-10-21(18-23(20)30-25)35-17-4-3-12-32-13-15-33(16-14-32)24-7-5-6-22(29)26(24)28/h5-8,10,18H,3-4,9,11-17,19H2,1-2H3. The van der Waals surface area contributed by atoms with Crippen LogP contribution < -0.4 is 9.64 Å². The second-order valence-electron chi connectivity index (χ2n) is 9.32. The van der Waals surface area contributed by atoms with Gasteiger partial charge in [-0.15, -0.1) is 0 Å². The van der Waals surface area contributed by atoms with Crippen LogP contribution in [0.15, 0.2) is 41.4 Å². The summed E-state index contributed by atoms with van der Waals surface area (Å²) in [6.45, 7) is 5.69. The molecule has 0 aliphatic carbocycles. The average Bonchev–Trinajstić information content (AvgIpc) is 2.90. The summed E-state index contributed by atoms with van der Waals surface area (Å²) >= 11 is 8.80. The van der Waals surface area contributed by atoms with Gasteiger partial charge in [0.05, 0.1) is 23.0 Å². The molecule has 200 valence electrons. The van der Waals surface area contributed by atoms with Crippen LogP contribution in [0.3, 0.4) is 0 Å². The molecular weight excluding hydrogens is 607 g/mol. The predicted octanol–water partition coefficient (Wildman–Crippen LogP) is 5.57. The lowest BCUT2D eigenvalue weighted by Gasteiger charge is -2.36. The number of halogens is 2. The van der Waals surface area contributed by atoms with E-state index in [4.69, 9.17) is 25.8 Å². The van der Waals surface area contributed by atoms with Gasteiger partial charge in [0.25, 0.3) is 0 Å². The number of benzene rings is 2. The summed E-state index contributed by atoms with van der Waals surface area (Å²) in [6.07, 6.45) is 3.16. The van der Waals surface area contributed by atoms with Gasteiger partial charge in [-0.1, -0.05) is 23.7 Å². The Morgan fingerprint density at radius 2 is 1.89 bits per heavy atom. The van der Waals surface area contributed by atoms with Crippen LogP contribution in [0.5, 0.6) is 5.75 Å². The van der Waals surface area contributed by atoms with Crippen molar-refractivity contribution in [1.29, 1.82) is 0 Å². The molecule has 0 bridgehead atoms. The van der Waals surface area contributed by atoms with Crippen LogP contribution in [0.4, 0.5) is 16.2 Å². The Labute approximate surface area is 237 Å². The number of hydrogen-bond acceptors (Lipinski definition) is 7. The van der Waals surface area contributed by atoms with Crippen LogP contribution in [-0.4, -0.2) is 82.0 Å². The second-order valence-corrected chi connectivity index (χ2v) is 10.9. The van der Waals surface area contributed by atoms with Gasteiger partial charge in [0, 0.05) is 56.3 Å². The largest absolute Gasteiger partial charge is 0.494 e. The molecule has 2 aromatic carbocycles. The van der Waals surface area contributed by atoms with Crippen molar-refractivity contribution in [1.82, 2.24) is 9.80 Å². The number of fused-ring (bicyclic) bond motifs is 1. The number of aryl methyl sites for hydroxylation is 1. The molecule has 2 aliphatic rings. The zero-order chi connectivity index (χ0) is 26.2. The lowest BCUT2D eigenvalue weighted by molar-refractivity contribution is 0.0353. The maximum atomic E-state index is 11.5. The van der Waals surface area contributed by atoms with E-state index < -0.39 is 6.09 Å². The molecule has 1 amide bonds. The lowest BCUT2D eigenvalue weighted by Crippen LogP contribution is -2.46. The van der Waals surface area contributed by atoms with Crippen molar-refractivity contribution in [3.8, 4) is 5.75 Å². The molecule has 0 aromatic heterocycles. The van der Waals surface area contributed by atoms with Gasteiger partial charge < -0.3 is 24.0 Å². The third kappa shape index (κ3) is 7.87. The first-order valence-electron chi connectivity index (χ1n) is 12.6. The minimum atomic E-state index is -0.443. The topological polar surface area (TPSA) is 66.8 Å². The van der Waals surface area contributed by atoms with E-state index >= 15 is 0 Å². The summed E-state index contributed by atoms with van der Waals surface area (Å²) in [7, 11) is 3.25. The van der Waals surface area contributed by atoms with Gasteiger partial charge in [-0.25, -0.2) is 9.79 Å². The highest BCUT2D eigenvalue weighted by atomic mass is 127. The fourth-order valence-electron chi connectivity index (χ4n) is 4.34. The van der Waals surface area contributed by atoms with Crippen LogP contribution in [0.1, 0.15) is 24.8 Å². The highest BCUT2D eigenvalue weighted by Crippen LogP contribution is 2.31. The number of hydrogen-bond donors (Lipinski definition) is 0. The van der Waals surface area contributed by atoms with Gasteiger partial charge in [-0.05, 0) is 72.2 Å². The molecule has 4 rings (SSSR count). The number of amides is 1. The molecule has 1 saturated heterocycles. The van der Waals surface area contributed by atoms with Gasteiger partial charge in [-0.3, -0.25) is 4.90 Å². The molecule has 37 heavy (non-hydrogen) atoms. The monoisotopic (exact) mass is 640 g/mol. The first kappa shape index (κ1) is 27.8. The van der Waals surface area contributed by atoms with Crippen LogP contribution in [-0.2, 0) is 15.9 Å². The Morgan fingerprint density at radius 3 is 2.68 bits per heavy atom. The second kappa shape index (κ2) is 13.5. The van der Waals surface area contributed by atoms with Gasteiger partial charge in [0.2, 0.25) is 6.79 Å². The third-order valence-electron chi connectivity index (χ3n) is 6.46. The summed E-state index contributed by atoms with van der Waals surface area (Å²) in [5.41, 5.74) is 3.15. The van der Waals surface area contributed by atoms with Crippen molar-refractivity contribution < 1.29 is 19.0 Å². The van der Waals surface area contributed by atoms with Crippen molar-refractivity contribution >= 4 is 57.6 Å². The molecule has 0 radical (unpaired) electrons. The normalized spacial score (nSPS) is 15.6. The fourth-order valence-corrected chi connectivity index (χ4v) is 5.07. The number of ether oxygens (including phenoxy) is 3. The molecule has 8 nitrogen and oxygen atoms in total. The van der Waals surface area contributed by atoms with Crippen molar-refractivity contribution in [3.63, 3.8) is 0 Å². The number of piperazine rings is 1. The summed E-state index contributed by atoms with van der Waals surface area (Å²) in [6, 6.07) is 12.3. The molecule has 0 N–H and O–H groups in total. The van der Waals surface area contributed by atoms with Crippen LogP contribution in [0.25, 0.3) is 0 Å². The van der Waals surface area contributed by atoms with E-state index in [2.05, 4.69) is 55.6 Å². The van der Waals surface area contributed by atoms with E-state index in [1.807, 2.05) is 18.2 Å². The first-order chi connectivity index (χ1) is 17.9. The van der Waals surface area contributed by atoms with Crippen molar-refractivity contribution in [2.75, 3.05) is 65.1 Å². The van der Waals surface area contributed by atoms with Crippen molar-refractivity contribution in [2.24, 2.45) is 4.99 Å². The van der Waals surface area contributed by atoms with E-state index in [9.17, 15) is 4.79 Å². The molecule has 0 unspecified atom stereocenters. The lowest BCUT2D eigenvalue weighted by atomic mass is 10.0. The van der Waals surface area contributed by atoms with Crippen LogP contribution in [0.2, 0.25) is 5.02 Å². The van der Waals surface area contributed by atoms with E-state index in [0.29, 0.717) is 18.9 Å². The first-order valence-corrected chi connectivity index (χ1v) is 14.1. The number of anilines is 1. The summed E-state index contributed by atoms with van der Waals surface area (Å²) < 4.78 is 17.7. The Balaban J connectivity index is 1.15. The maximum absolute atomic E-state index is 11.5. The minimum absolute atomic E-state index is 0.143. The Bertz CT molecular complexity index is 1110. The third-order valence-corrected chi connectivity index (χ3v) is 8.08. The van der Waals surface area contributed by atoms with Crippen molar-refractivity contribution in [3.05, 3.63) is 50.6 Å². The quantitative estimate of drug-likeness (QED) is 0.203. The number of rotatable bonds is 9. The predicted molar refractivity (Wildman–Crippen MR) is 156 cm³/mol. The van der Waals surface area contributed by atoms with E-state index in [0.717, 1.165) is 83.3 Å².